The van der Waals surface area contributed by atoms with E-state index in [9.17, 15) is 4.79 Å². The molecule has 2 aromatic rings. The zero-order valence-corrected chi connectivity index (χ0v) is 14.2. The summed E-state index contributed by atoms with van der Waals surface area (Å²) in [4.78, 5) is 19.4. The van der Waals surface area contributed by atoms with Gasteiger partial charge in [-0.2, -0.15) is 0 Å². The van der Waals surface area contributed by atoms with Gasteiger partial charge in [-0.1, -0.05) is 28.1 Å². The van der Waals surface area contributed by atoms with Gasteiger partial charge in [0.1, 0.15) is 5.69 Å². The van der Waals surface area contributed by atoms with E-state index in [1.807, 2.05) is 6.08 Å². The second-order valence-corrected chi connectivity index (χ2v) is 5.35. The van der Waals surface area contributed by atoms with Crippen molar-refractivity contribution in [1.29, 1.82) is 0 Å². The number of aromatic nitrogens is 2. The Morgan fingerprint density at radius 2 is 2.09 bits per heavy atom. The van der Waals surface area contributed by atoms with Crippen molar-refractivity contribution >= 4 is 45.7 Å². The Hall–Kier alpha value is -1.92. The predicted octanol–water partition coefficient (Wildman–Crippen LogP) is 3.86. The summed E-state index contributed by atoms with van der Waals surface area (Å²) in [5, 5.41) is 0.139. The largest absolute Gasteiger partial charge is 0.493 e. The van der Waals surface area contributed by atoms with Gasteiger partial charge in [0.25, 0.3) is 0 Å². The summed E-state index contributed by atoms with van der Waals surface area (Å²) >= 11 is 9.21. The molecule has 0 N–H and O–H groups in total. The number of ether oxygens (including phenoxy) is 2. The molecule has 1 aromatic carbocycles. The predicted molar refractivity (Wildman–Crippen MR) is 88.0 cm³/mol. The van der Waals surface area contributed by atoms with Crippen LogP contribution in [0.3, 0.4) is 0 Å². The number of halogens is 2. The SMILES string of the molecule is COC(=O)c1ccc(C=Cc2nc(Cl)ncc2OC)c(Br)c1. The molecule has 0 aliphatic heterocycles. The van der Waals surface area contributed by atoms with E-state index in [2.05, 4.69) is 30.6 Å². The maximum Gasteiger partial charge on any atom is 0.337 e. The lowest BCUT2D eigenvalue weighted by molar-refractivity contribution is 0.0600. The van der Waals surface area contributed by atoms with Crippen LogP contribution in [0.25, 0.3) is 12.2 Å². The highest BCUT2D eigenvalue weighted by Crippen LogP contribution is 2.23. The average molecular weight is 384 g/mol. The van der Waals surface area contributed by atoms with Gasteiger partial charge in [-0.25, -0.2) is 14.8 Å². The van der Waals surface area contributed by atoms with Gasteiger partial charge in [0.05, 0.1) is 26.0 Å². The van der Waals surface area contributed by atoms with Crippen molar-refractivity contribution in [2.75, 3.05) is 14.2 Å². The van der Waals surface area contributed by atoms with Crippen LogP contribution < -0.4 is 4.74 Å². The van der Waals surface area contributed by atoms with Crippen molar-refractivity contribution in [3.05, 3.63) is 51.0 Å². The minimum Gasteiger partial charge on any atom is -0.493 e. The van der Waals surface area contributed by atoms with Gasteiger partial charge in [0.2, 0.25) is 5.28 Å². The molecule has 0 aliphatic rings. The smallest absolute Gasteiger partial charge is 0.337 e. The van der Waals surface area contributed by atoms with Crippen molar-refractivity contribution in [1.82, 2.24) is 9.97 Å². The Bertz CT molecular complexity index is 735. The molecule has 22 heavy (non-hydrogen) atoms. The van der Waals surface area contributed by atoms with Gasteiger partial charge in [0, 0.05) is 4.47 Å². The number of carbonyl (C=O) groups excluding carboxylic acids is 1. The van der Waals surface area contributed by atoms with Crippen LogP contribution in [0.4, 0.5) is 0 Å². The number of hydrogen-bond acceptors (Lipinski definition) is 5. The van der Waals surface area contributed by atoms with Gasteiger partial charge in [-0.15, -0.1) is 0 Å². The Morgan fingerprint density at radius 1 is 1.32 bits per heavy atom. The molecule has 7 heteroatoms. The van der Waals surface area contributed by atoms with Crippen molar-refractivity contribution < 1.29 is 14.3 Å². The van der Waals surface area contributed by atoms with Gasteiger partial charge in [0.15, 0.2) is 5.75 Å². The zero-order valence-electron chi connectivity index (χ0n) is 11.8. The molecule has 0 atom stereocenters. The molecular formula is C15H12BrClN2O3. The summed E-state index contributed by atoms with van der Waals surface area (Å²) < 4.78 is 10.6. The molecule has 2 rings (SSSR count). The van der Waals surface area contributed by atoms with E-state index in [4.69, 9.17) is 16.3 Å². The number of rotatable bonds is 4. The Kier molecular flexibility index (Phi) is 5.51. The Balaban J connectivity index is 2.31. The van der Waals surface area contributed by atoms with E-state index in [1.54, 1.807) is 24.3 Å². The molecule has 0 saturated carbocycles. The highest BCUT2D eigenvalue weighted by Gasteiger charge is 2.08. The van der Waals surface area contributed by atoms with Gasteiger partial charge in [-0.3, -0.25) is 0 Å². The minimum atomic E-state index is -0.388. The van der Waals surface area contributed by atoms with Crippen LogP contribution in [0, 0.1) is 0 Å². The first-order valence-corrected chi connectivity index (χ1v) is 7.34. The van der Waals surface area contributed by atoms with Crippen LogP contribution >= 0.6 is 27.5 Å². The molecule has 0 unspecified atom stereocenters. The van der Waals surface area contributed by atoms with Crippen LogP contribution in [0.5, 0.6) is 5.75 Å². The lowest BCUT2D eigenvalue weighted by atomic mass is 10.1. The maximum absolute atomic E-state index is 11.5. The zero-order chi connectivity index (χ0) is 16.1. The molecule has 0 saturated heterocycles. The average Bonchev–Trinajstić information content (AvgIpc) is 2.53. The maximum atomic E-state index is 11.5. The van der Waals surface area contributed by atoms with Crippen molar-refractivity contribution in [2.24, 2.45) is 0 Å². The molecule has 114 valence electrons. The first kappa shape index (κ1) is 16.5. The fourth-order valence-corrected chi connectivity index (χ4v) is 2.36. The molecule has 0 aliphatic carbocycles. The van der Waals surface area contributed by atoms with E-state index in [-0.39, 0.29) is 11.3 Å². The number of nitrogens with zero attached hydrogens (tertiary/aromatic N) is 2. The molecule has 0 bridgehead atoms. The monoisotopic (exact) mass is 382 g/mol. The lowest BCUT2D eigenvalue weighted by Crippen LogP contribution is -2.00. The third-order valence-corrected chi connectivity index (χ3v) is 3.68. The third-order valence-electron chi connectivity index (χ3n) is 2.82. The number of carbonyl (C=O) groups is 1. The summed E-state index contributed by atoms with van der Waals surface area (Å²) in [7, 11) is 2.88. The normalized spacial score (nSPS) is 10.7. The second-order valence-electron chi connectivity index (χ2n) is 4.15. The van der Waals surface area contributed by atoms with Gasteiger partial charge in [-0.05, 0) is 35.4 Å². The van der Waals surface area contributed by atoms with Crippen LogP contribution in [0.1, 0.15) is 21.6 Å². The highest BCUT2D eigenvalue weighted by atomic mass is 79.9. The molecule has 0 spiro atoms. The number of benzene rings is 1. The summed E-state index contributed by atoms with van der Waals surface area (Å²) in [5.74, 6) is 0.128. The quantitative estimate of drug-likeness (QED) is 0.593. The van der Waals surface area contributed by atoms with Crippen molar-refractivity contribution in [3.8, 4) is 5.75 Å². The third kappa shape index (κ3) is 3.84. The first-order chi connectivity index (χ1) is 10.5. The molecular weight excluding hydrogens is 372 g/mol. The molecule has 0 fully saturated rings. The summed E-state index contributed by atoms with van der Waals surface area (Å²) in [5.41, 5.74) is 1.89. The number of methoxy groups -OCH3 is 2. The lowest BCUT2D eigenvalue weighted by Gasteiger charge is -2.04. The Morgan fingerprint density at radius 3 is 2.73 bits per heavy atom. The van der Waals surface area contributed by atoms with E-state index >= 15 is 0 Å². The van der Waals surface area contributed by atoms with Crippen LogP contribution in [0.2, 0.25) is 5.28 Å². The summed E-state index contributed by atoms with van der Waals surface area (Å²) in [6.07, 6.45) is 5.08. The molecule has 0 radical (unpaired) electrons. The molecule has 5 nitrogen and oxygen atoms in total. The van der Waals surface area contributed by atoms with E-state index in [0.29, 0.717) is 17.0 Å². The second kappa shape index (κ2) is 7.38. The highest BCUT2D eigenvalue weighted by molar-refractivity contribution is 9.10. The first-order valence-electron chi connectivity index (χ1n) is 6.17. The fraction of sp³-hybridized carbons (Fsp3) is 0.133. The van der Waals surface area contributed by atoms with Gasteiger partial charge >= 0.3 is 5.97 Å². The van der Waals surface area contributed by atoms with E-state index < -0.39 is 0 Å². The molecule has 0 amide bonds. The summed E-state index contributed by atoms with van der Waals surface area (Å²) in [6.45, 7) is 0. The van der Waals surface area contributed by atoms with Crippen LogP contribution in [-0.4, -0.2) is 30.2 Å². The number of esters is 1. The molecule has 1 aromatic heterocycles. The summed E-state index contributed by atoms with van der Waals surface area (Å²) in [6, 6.07) is 5.16. The Labute approximate surface area is 141 Å². The molecule has 1 heterocycles. The van der Waals surface area contributed by atoms with Crippen molar-refractivity contribution in [2.45, 2.75) is 0 Å². The minimum absolute atomic E-state index is 0.139. The van der Waals surface area contributed by atoms with Crippen molar-refractivity contribution in [3.63, 3.8) is 0 Å². The van der Waals surface area contributed by atoms with Crippen LogP contribution in [0.15, 0.2) is 28.9 Å². The van der Waals surface area contributed by atoms with E-state index in [0.717, 1.165) is 10.0 Å². The van der Waals surface area contributed by atoms with Gasteiger partial charge < -0.3 is 9.47 Å². The number of hydrogen-bond donors (Lipinski definition) is 0. The van der Waals surface area contributed by atoms with E-state index in [1.165, 1.54) is 20.4 Å². The van der Waals surface area contributed by atoms with Crippen LogP contribution in [-0.2, 0) is 4.74 Å². The topological polar surface area (TPSA) is 61.3 Å². The standard InChI is InChI=1S/C15H12BrClN2O3/c1-21-13-8-18-15(17)19-12(13)6-5-9-3-4-10(7-11(9)16)14(20)22-2/h3-8H,1-2H3. The fourth-order valence-electron chi connectivity index (χ4n) is 1.71.